The fraction of sp³-hybridized carbons (Fsp3) is 0.625. The Balaban J connectivity index is 2.63. The van der Waals surface area contributed by atoms with Gasteiger partial charge in [-0.3, -0.25) is 0 Å². The van der Waals surface area contributed by atoms with E-state index in [1.807, 2.05) is 11.8 Å². The number of allylic oxidation sites excluding steroid dienone is 4. The summed E-state index contributed by atoms with van der Waals surface area (Å²) in [6, 6.07) is 0. The first-order chi connectivity index (χ1) is 8.89. The van der Waals surface area contributed by atoms with Gasteiger partial charge in [0.1, 0.15) is 0 Å². The monoisotopic (exact) mass is 391 g/mol. The van der Waals surface area contributed by atoms with Gasteiger partial charge in [-0.2, -0.15) is 0 Å². The summed E-state index contributed by atoms with van der Waals surface area (Å²) in [7, 11) is 0. The molecular weight excluding hydrogens is 365 g/mol. The summed E-state index contributed by atoms with van der Waals surface area (Å²) in [5.41, 5.74) is 8.86. The Morgan fingerprint density at radius 2 is 2.05 bits per heavy atom. The molecule has 2 N–H and O–H groups in total. The van der Waals surface area contributed by atoms with Crippen LogP contribution in [-0.4, -0.2) is 5.25 Å². The van der Waals surface area contributed by atoms with Crippen LogP contribution < -0.4 is 5.73 Å². The molecule has 0 aromatic rings. The van der Waals surface area contributed by atoms with Crippen molar-refractivity contribution in [2.45, 2.75) is 58.6 Å². The lowest BCUT2D eigenvalue weighted by atomic mass is 9.92. The third kappa shape index (κ3) is 5.94. The average Bonchev–Trinajstić information content (AvgIpc) is 3.14. The average molecular weight is 391 g/mol. The molecule has 0 radical (unpaired) electrons. The summed E-state index contributed by atoms with van der Waals surface area (Å²) in [5.74, 6) is 0. The molecule has 0 bridgehead atoms. The van der Waals surface area contributed by atoms with Crippen molar-refractivity contribution >= 4 is 34.4 Å². The van der Waals surface area contributed by atoms with E-state index >= 15 is 0 Å². The predicted molar refractivity (Wildman–Crippen MR) is 97.4 cm³/mol. The maximum absolute atomic E-state index is 6.11. The third-order valence-electron chi connectivity index (χ3n) is 3.86. The molecule has 1 nitrogen and oxygen atoms in total. The standard InChI is InChI=1S/C16H26INS/c1-5-14(4)19-11-15(18)10-12(2)16(8-9-16)7-6-13(3)17/h6,10-11,14H,5,7-9,18H2,1-4H3/b12-10+,13-6-,15-11-. The number of rotatable bonds is 7. The van der Waals surface area contributed by atoms with Gasteiger partial charge in [-0.1, -0.05) is 25.5 Å². The van der Waals surface area contributed by atoms with Crippen LogP contribution in [0.3, 0.4) is 0 Å². The Bertz CT molecular complexity index is 388. The molecule has 0 aliphatic heterocycles. The van der Waals surface area contributed by atoms with Crippen molar-refractivity contribution in [3.8, 4) is 0 Å². The molecule has 0 aromatic heterocycles. The van der Waals surface area contributed by atoms with Crippen molar-refractivity contribution in [1.82, 2.24) is 0 Å². The molecule has 1 atom stereocenters. The summed E-state index contributed by atoms with van der Waals surface area (Å²) < 4.78 is 1.38. The molecule has 1 aliphatic carbocycles. The van der Waals surface area contributed by atoms with E-state index in [1.165, 1.54) is 28.4 Å². The second-order valence-corrected chi connectivity index (χ2v) is 8.59. The minimum atomic E-state index is 0.409. The largest absolute Gasteiger partial charge is 0.398 e. The molecule has 1 unspecified atom stereocenters. The first kappa shape index (κ1) is 17.2. The van der Waals surface area contributed by atoms with Crippen LogP contribution in [0.4, 0.5) is 0 Å². The van der Waals surface area contributed by atoms with Crippen LogP contribution in [0.15, 0.2) is 32.4 Å². The first-order valence-corrected chi connectivity index (χ1v) is 9.04. The van der Waals surface area contributed by atoms with Crippen LogP contribution in [0.25, 0.3) is 0 Å². The minimum absolute atomic E-state index is 0.409. The number of halogens is 1. The zero-order valence-electron chi connectivity index (χ0n) is 12.5. The highest BCUT2D eigenvalue weighted by molar-refractivity contribution is 14.1. The zero-order chi connectivity index (χ0) is 14.5. The molecule has 0 spiro atoms. The summed E-state index contributed by atoms with van der Waals surface area (Å²) in [6.45, 7) is 8.84. The summed E-state index contributed by atoms with van der Waals surface area (Å²) in [6.07, 6.45) is 9.48. The highest BCUT2D eigenvalue weighted by Crippen LogP contribution is 2.55. The van der Waals surface area contributed by atoms with Gasteiger partial charge in [-0.05, 0) is 82.6 Å². The summed E-state index contributed by atoms with van der Waals surface area (Å²) in [4.78, 5) is 0. The van der Waals surface area contributed by atoms with Gasteiger partial charge in [-0.15, -0.1) is 11.8 Å². The van der Waals surface area contributed by atoms with Gasteiger partial charge in [-0.25, -0.2) is 0 Å². The van der Waals surface area contributed by atoms with E-state index in [2.05, 4.69) is 67.8 Å². The second-order valence-electron chi connectivity index (χ2n) is 5.58. The second kappa shape index (κ2) is 7.77. The minimum Gasteiger partial charge on any atom is -0.398 e. The lowest BCUT2D eigenvalue weighted by molar-refractivity contribution is 0.617. The van der Waals surface area contributed by atoms with Crippen molar-refractivity contribution < 1.29 is 0 Å². The van der Waals surface area contributed by atoms with E-state index in [9.17, 15) is 0 Å². The molecule has 1 rings (SSSR count). The van der Waals surface area contributed by atoms with Crippen molar-refractivity contribution in [2.24, 2.45) is 11.1 Å². The van der Waals surface area contributed by atoms with E-state index in [1.54, 1.807) is 0 Å². The zero-order valence-corrected chi connectivity index (χ0v) is 15.5. The molecule has 0 saturated heterocycles. The first-order valence-electron chi connectivity index (χ1n) is 7.02. The maximum atomic E-state index is 6.11. The van der Waals surface area contributed by atoms with Crippen LogP contribution in [0, 0.1) is 5.41 Å². The fourth-order valence-electron chi connectivity index (χ4n) is 1.97. The Labute approximate surface area is 136 Å². The fourth-order valence-corrected chi connectivity index (χ4v) is 2.84. The molecule has 1 aliphatic rings. The predicted octanol–water partition coefficient (Wildman–Crippen LogP) is 5.77. The van der Waals surface area contributed by atoms with Crippen molar-refractivity contribution in [1.29, 1.82) is 0 Å². The van der Waals surface area contributed by atoms with Gasteiger partial charge in [0.05, 0.1) is 0 Å². The lowest BCUT2D eigenvalue weighted by Gasteiger charge is -2.14. The van der Waals surface area contributed by atoms with Gasteiger partial charge in [0.2, 0.25) is 0 Å². The maximum Gasteiger partial charge on any atom is 0.0377 e. The van der Waals surface area contributed by atoms with E-state index in [4.69, 9.17) is 5.73 Å². The Morgan fingerprint density at radius 1 is 1.42 bits per heavy atom. The molecule has 108 valence electrons. The molecule has 1 saturated carbocycles. The molecule has 0 amide bonds. The quantitative estimate of drug-likeness (QED) is 0.440. The topological polar surface area (TPSA) is 26.0 Å². The van der Waals surface area contributed by atoms with E-state index in [0.29, 0.717) is 10.7 Å². The number of nitrogens with two attached hydrogens (primary N) is 1. The summed E-state index contributed by atoms with van der Waals surface area (Å²) in [5, 5.41) is 2.75. The van der Waals surface area contributed by atoms with Gasteiger partial charge in [0.15, 0.2) is 0 Å². The highest BCUT2D eigenvalue weighted by Gasteiger charge is 2.42. The van der Waals surface area contributed by atoms with Gasteiger partial charge in [0.25, 0.3) is 0 Å². The van der Waals surface area contributed by atoms with Gasteiger partial charge in [0, 0.05) is 10.9 Å². The van der Waals surface area contributed by atoms with E-state index in [-0.39, 0.29) is 0 Å². The van der Waals surface area contributed by atoms with Crippen molar-refractivity contribution in [3.63, 3.8) is 0 Å². The molecule has 1 fully saturated rings. The van der Waals surface area contributed by atoms with Gasteiger partial charge >= 0.3 is 0 Å². The van der Waals surface area contributed by atoms with Crippen LogP contribution in [-0.2, 0) is 0 Å². The lowest BCUT2D eigenvalue weighted by Crippen LogP contribution is -2.04. The smallest absolute Gasteiger partial charge is 0.0377 e. The molecule has 3 heteroatoms. The Hall–Kier alpha value is 0.100. The highest BCUT2D eigenvalue weighted by atomic mass is 127. The van der Waals surface area contributed by atoms with Crippen LogP contribution in [0.5, 0.6) is 0 Å². The van der Waals surface area contributed by atoms with E-state index in [0.717, 1.165) is 12.1 Å². The Kier molecular flexibility index (Phi) is 7.01. The Morgan fingerprint density at radius 3 is 2.53 bits per heavy atom. The number of hydrogen-bond acceptors (Lipinski definition) is 2. The SMILES string of the molecule is CCC(C)S/C=C(N)/C=C(\C)C1(C/C=C(/C)I)CC1. The molecule has 0 aromatic carbocycles. The van der Waals surface area contributed by atoms with E-state index < -0.39 is 0 Å². The number of thioether (sulfide) groups is 1. The molecular formula is C16H26INS. The molecule has 19 heavy (non-hydrogen) atoms. The molecule has 0 heterocycles. The van der Waals surface area contributed by atoms with Crippen molar-refractivity contribution in [3.05, 3.63) is 32.4 Å². The normalized spacial score (nSPS) is 21.4. The van der Waals surface area contributed by atoms with Crippen LogP contribution in [0.1, 0.15) is 53.4 Å². The van der Waals surface area contributed by atoms with Gasteiger partial charge < -0.3 is 5.73 Å². The summed E-state index contributed by atoms with van der Waals surface area (Å²) >= 11 is 4.22. The third-order valence-corrected chi connectivity index (χ3v) is 5.51. The number of hydrogen-bond donors (Lipinski definition) is 1. The van der Waals surface area contributed by atoms with Crippen molar-refractivity contribution in [2.75, 3.05) is 0 Å². The van der Waals surface area contributed by atoms with Crippen LogP contribution in [0.2, 0.25) is 0 Å². The van der Waals surface area contributed by atoms with Crippen LogP contribution >= 0.6 is 34.4 Å².